The molecule has 8 rings (SSSR count). The third-order valence-electron chi connectivity index (χ3n) is 16.0. The van der Waals surface area contributed by atoms with E-state index in [1.165, 1.54) is 134 Å². The topological polar surface area (TPSA) is 546 Å². The van der Waals surface area contributed by atoms with Crippen molar-refractivity contribution in [2.24, 2.45) is 10.2 Å². The van der Waals surface area contributed by atoms with E-state index in [0.29, 0.717) is 76.6 Å². The minimum Gasteiger partial charge on any atom is -0.744 e. The number of hydrogen-bond donors (Lipinski definition) is 17. The van der Waals surface area contributed by atoms with Gasteiger partial charge in [-0.25, -0.2) is 44.5 Å². The number of carbonyl (C=O) groups excluding carboxylic acids is 4. The van der Waals surface area contributed by atoms with Crippen LogP contribution in [0.1, 0.15) is 33.4 Å². The average molecular weight is 2200 g/mol. The summed E-state index contributed by atoms with van der Waals surface area (Å²) in [6.07, 6.45) is 6.84. The second-order valence-electron chi connectivity index (χ2n) is 24.6. The minimum atomic E-state index is -5.29. The van der Waals surface area contributed by atoms with E-state index in [4.69, 9.17) is 72.1 Å². The van der Waals surface area contributed by atoms with E-state index in [9.17, 15) is 81.3 Å². The molecule has 36 nitrogen and oxygen atoms in total. The molecular formula is C71H64Br4Cl2N18Na4O18S8. The molecule has 125 heavy (non-hydrogen) atoms. The number of aromatic hydroxyl groups is 2. The zero-order chi connectivity index (χ0) is 88.7. The molecule has 0 aliphatic carbocycles. The van der Waals surface area contributed by atoms with Gasteiger partial charge < -0.3 is 76.3 Å². The Morgan fingerprint density at radius 1 is 0.408 bits per heavy atom. The summed E-state index contributed by atoms with van der Waals surface area (Å²) in [5.74, 6) is -4.05. The zero-order valence-electron chi connectivity index (χ0n) is 65.5. The summed E-state index contributed by atoms with van der Waals surface area (Å²) in [7, 11) is -19.3. The van der Waals surface area contributed by atoms with Crippen molar-refractivity contribution in [2.45, 2.75) is 31.7 Å². The number of halogens is 6. The van der Waals surface area contributed by atoms with Gasteiger partial charge in [-0.15, -0.1) is 0 Å². The Balaban J connectivity index is 0.00000819. The predicted octanol–water partition coefficient (Wildman–Crippen LogP) is -3.88. The first-order valence-corrected chi connectivity index (χ1v) is 45.2. The molecule has 0 heterocycles. The molecule has 0 bridgehead atoms. The normalized spacial score (nSPS) is 11.9. The standard InChI is InChI=1S/C71H68Br4Cl2N18O18S8.4Na/c1-78-22-25-95(26-23-79-68(114)85-48-14-6-40(56(32-48)118(102,103)104)2-4-42-8-16-50(34-58(42)120(108,109)110)87-70(116)93-91-66(100)60(83-46-18-10-44(76)11-19-46)64(98)89-81-36-38-28-52(72)62(96)53(73)29-38)27-24-80-69(115)86-49-15-7-41(57(33-49)119(105,106)107)3-5-43-9-17-51(35-59(43)121(111,112)113)88-71(117)94-92-67(101)61(84-47-20-12-45(77)13-21-47)65(99)90-82-37-39-30-54(74)63(97)55(75)31-39;;;;/h2-21,28-37,60-61,78,83-84,96-97H,22-27H2,1H3,(H,89,98)(H,90,99)(H,91,100)(H,92,101)(H2,79,85,114)(H2,80,86,115)(H2,87,93,116)(H2,88,94,117)(H,102,103,104)(H,105,106,107)(H,108,109,110)(H,111,112,113);;;;/q;4*+1/p-4/b4-2+,5-3+,81-36+,82-37+;;;;. The van der Waals surface area contributed by atoms with Gasteiger partial charge in [0.05, 0.1) is 49.9 Å². The van der Waals surface area contributed by atoms with Gasteiger partial charge in [0.1, 0.15) is 52.0 Å². The van der Waals surface area contributed by atoms with E-state index >= 15 is 0 Å². The summed E-state index contributed by atoms with van der Waals surface area (Å²) >= 11 is 46.4. The number of hydrazine groups is 2. The number of hydrazone groups is 2. The fourth-order valence-corrected chi connectivity index (χ4v) is 16.5. The number of phenolic OH excluding ortho intramolecular Hbond substituents is 2. The third-order valence-corrected chi connectivity index (χ3v) is 23.4. The number of nitrogens with zero attached hydrogens (tertiary/aromatic N) is 3. The molecule has 0 aliphatic heterocycles. The van der Waals surface area contributed by atoms with Gasteiger partial charge >= 0.3 is 118 Å². The second-order valence-corrected chi connectivity index (χ2v) is 36.0. The van der Waals surface area contributed by atoms with Gasteiger partial charge in [0, 0.05) is 83.4 Å². The van der Waals surface area contributed by atoms with Gasteiger partial charge in [-0.2, -0.15) is 10.2 Å². The van der Waals surface area contributed by atoms with Gasteiger partial charge in [-0.05, 0) is 274 Å². The molecule has 17 N–H and O–H groups in total. The summed E-state index contributed by atoms with van der Waals surface area (Å²) < 4.78 is 153. The van der Waals surface area contributed by atoms with E-state index in [1.807, 2.05) is 4.90 Å². The third kappa shape index (κ3) is 36.3. The van der Waals surface area contributed by atoms with Gasteiger partial charge in [-0.1, -0.05) is 71.8 Å². The number of thiocarbonyl (C=S) groups is 4. The van der Waals surface area contributed by atoms with Gasteiger partial charge in [-0.3, -0.25) is 45.8 Å². The molecule has 0 saturated carbocycles. The van der Waals surface area contributed by atoms with Crippen molar-refractivity contribution in [2.75, 3.05) is 78.2 Å². The van der Waals surface area contributed by atoms with Crippen molar-refractivity contribution >= 4 is 291 Å². The number of rotatable bonds is 33. The van der Waals surface area contributed by atoms with Crippen LogP contribution in [0.2, 0.25) is 10.0 Å². The van der Waals surface area contributed by atoms with Crippen LogP contribution in [0.25, 0.3) is 24.3 Å². The zero-order valence-corrected chi connectivity index (χ0v) is 87.9. The molecular weight excluding hydrogens is 2130 g/mol. The Bertz CT molecular complexity index is 5550. The number of amides is 4. The van der Waals surface area contributed by atoms with Crippen molar-refractivity contribution in [3.05, 3.63) is 207 Å². The molecule has 2 atom stereocenters. The largest absolute Gasteiger partial charge is 1.00 e. The van der Waals surface area contributed by atoms with E-state index in [-0.39, 0.29) is 208 Å². The molecule has 0 aromatic heterocycles. The van der Waals surface area contributed by atoms with E-state index < -0.39 is 95.8 Å². The Hall–Kier alpha value is -5.52. The number of anilines is 6. The van der Waals surface area contributed by atoms with Gasteiger partial charge in [0.15, 0.2) is 32.5 Å². The van der Waals surface area contributed by atoms with Crippen molar-refractivity contribution in [1.82, 2.24) is 53.4 Å². The van der Waals surface area contributed by atoms with Crippen LogP contribution in [-0.4, -0.2) is 182 Å². The van der Waals surface area contributed by atoms with Crippen LogP contribution >= 0.6 is 136 Å². The van der Waals surface area contributed by atoms with E-state index in [1.54, 1.807) is 7.05 Å². The van der Waals surface area contributed by atoms with Crippen LogP contribution in [-0.2, 0) is 59.7 Å². The van der Waals surface area contributed by atoms with Crippen LogP contribution in [0, 0.1) is 0 Å². The predicted molar refractivity (Wildman–Crippen MR) is 486 cm³/mol. The van der Waals surface area contributed by atoms with Crippen LogP contribution in [0.3, 0.4) is 0 Å². The quantitative estimate of drug-likeness (QED) is 0.00356. The number of hydrogen-bond acceptors (Lipinski definition) is 28. The molecule has 4 amide bonds. The van der Waals surface area contributed by atoms with Crippen LogP contribution in [0.4, 0.5) is 34.1 Å². The van der Waals surface area contributed by atoms with Crippen LogP contribution in [0.15, 0.2) is 193 Å². The Labute approximate surface area is 870 Å². The number of carbonyl (C=O) groups is 4. The molecule has 0 fully saturated rings. The summed E-state index contributed by atoms with van der Waals surface area (Å²) in [4.78, 5) is 52.6. The molecule has 0 spiro atoms. The van der Waals surface area contributed by atoms with Gasteiger partial charge in [0.25, 0.3) is 23.6 Å². The first-order valence-electron chi connectivity index (χ1n) is 34.0. The first kappa shape index (κ1) is 112. The van der Waals surface area contributed by atoms with E-state index in [0.717, 1.165) is 48.6 Å². The SMILES string of the molecule is CNCCN(CCNC(=S)Nc1ccc(/C=C/c2ccc(NC(=S)NNC(=O)C(Nc3ccc(Cl)cc3)C(=O)N/N=C/c3cc(Br)c(O)c(Br)c3)cc2S(=O)(=O)[O-])c(S(=O)(=O)[O-])c1)CCNC(=S)Nc1ccc(/C=C/c2ccc(NC(=S)NNC(=O)C(Nc3ccc(Cl)cc3)C(=O)N/N=C/c3cc(Br)c(O)c(Br)c3)cc2S(=O)(=O)[O-])c(S(=O)(=O)[O-])c1.[Na+].[Na+].[Na+].[Na+]. The maximum absolute atomic E-state index is 13.5. The van der Waals surface area contributed by atoms with Crippen LogP contribution in [0.5, 0.6) is 11.5 Å². The summed E-state index contributed by atoms with van der Waals surface area (Å²) in [6.45, 7) is 2.17. The molecule has 54 heteroatoms. The summed E-state index contributed by atoms with van der Waals surface area (Å²) in [5.41, 5.74) is 14.3. The number of nitrogens with one attached hydrogen (secondary N) is 15. The molecule has 8 aromatic rings. The smallest absolute Gasteiger partial charge is 0.744 e. The molecule has 0 radical (unpaired) electrons. The fourth-order valence-electron chi connectivity index (χ4n) is 10.3. The monoisotopic (exact) mass is 2190 g/mol. The maximum atomic E-state index is 13.5. The van der Waals surface area contributed by atoms with Gasteiger partial charge in [0.2, 0.25) is 0 Å². The molecule has 8 aromatic carbocycles. The number of phenols is 2. The molecule has 2 unspecified atom stereocenters. The van der Waals surface area contributed by atoms with Crippen molar-refractivity contribution in [3.8, 4) is 11.5 Å². The number of benzene rings is 8. The minimum absolute atomic E-state index is 0. The van der Waals surface area contributed by atoms with E-state index in [2.05, 4.69) is 154 Å². The summed E-state index contributed by atoms with van der Waals surface area (Å²) in [6, 6.07) is 28.5. The molecule has 640 valence electrons. The first-order chi connectivity index (χ1) is 57.0. The van der Waals surface area contributed by atoms with Crippen molar-refractivity contribution in [3.63, 3.8) is 0 Å². The summed E-state index contributed by atoms with van der Waals surface area (Å²) in [5, 5.41) is 53.3. The average Bonchev–Trinajstić information content (AvgIpc) is 0.799. The Kier molecular flexibility index (Phi) is 47.0. The maximum Gasteiger partial charge on any atom is 1.00 e. The Morgan fingerprint density at radius 3 is 0.944 bits per heavy atom. The molecule has 0 aliphatic rings. The van der Waals surface area contributed by atoms with Crippen molar-refractivity contribution < 1.29 is 200 Å². The number of likely N-dealkylation sites (N-methyl/N-ethyl adjacent to an activating group) is 1. The van der Waals surface area contributed by atoms with Crippen LogP contribution < -0.4 is 199 Å². The second kappa shape index (κ2) is 52.5. The molecule has 0 saturated heterocycles. The fraction of sp³-hybridized carbons (Fsp3) is 0.127. The van der Waals surface area contributed by atoms with Crippen molar-refractivity contribution in [1.29, 1.82) is 0 Å². The Morgan fingerprint density at radius 2 is 0.672 bits per heavy atom.